The molecule has 0 saturated heterocycles. The smallest absolute Gasteiger partial charge is 0.249 e. The molecule has 0 amide bonds. The van der Waals surface area contributed by atoms with E-state index in [1.807, 2.05) is 55.9 Å². The van der Waals surface area contributed by atoms with Crippen molar-refractivity contribution >= 4 is 46.1 Å². The lowest BCUT2D eigenvalue weighted by atomic mass is 9.97. The maximum absolute atomic E-state index is 9.05. The summed E-state index contributed by atoms with van der Waals surface area (Å²) in [6, 6.07) is 15.3. The zero-order valence-electron chi connectivity index (χ0n) is 20.1. The number of hydrogen-bond acceptors (Lipinski definition) is 6. The summed E-state index contributed by atoms with van der Waals surface area (Å²) in [5.74, 6) is 1.59. The summed E-state index contributed by atoms with van der Waals surface area (Å²) < 4.78 is 8.40. The molecule has 1 aliphatic heterocycles. The average molecular weight is 495 g/mol. The summed E-state index contributed by atoms with van der Waals surface area (Å²) in [4.78, 5) is 13.5. The Bertz CT molecular complexity index is 1580. The van der Waals surface area contributed by atoms with Crippen molar-refractivity contribution in [2.24, 2.45) is 12.0 Å². The molecule has 1 N–H and O–H groups in total. The Labute approximate surface area is 214 Å². The van der Waals surface area contributed by atoms with Gasteiger partial charge in [0.25, 0.3) is 0 Å². The number of nitrogens with zero attached hydrogens (tertiary/aromatic N) is 5. The standard InChI is InChI=1S/C28H23ClN6O/c1-17-13-20(22-5-4-11-31-16-23(22)29)14-18(2)26(17)36-27-25-24(10-12-35(25)3)33-28(34-27)32-21-8-6-19(15-30)7-9-21/h4,6-14,16H,5H2,1-3H3,(H,32,33,34). The van der Waals surface area contributed by atoms with E-state index >= 15 is 0 Å². The molecule has 0 aliphatic carbocycles. The Balaban J connectivity index is 1.52. The van der Waals surface area contributed by atoms with Gasteiger partial charge in [-0.1, -0.05) is 17.7 Å². The van der Waals surface area contributed by atoms with Crippen molar-refractivity contribution in [3.63, 3.8) is 0 Å². The molecule has 0 unspecified atom stereocenters. The number of aryl methyl sites for hydroxylation is 3. The molecular weight excluding hydrogens is 472 g/mol. The van der Waals surface area contributed by atoms with E-state index < -0.39 is 0 Å². The average Bonchev–Trinajstić information content (AvgIpc) is 3.10. The molecule has 8 heteroatoms. The third-order valence-corrected chi connectivity index (χ3v) is 6.28. The van der Waals surface area contributed by atoms with Gasteiger partial charge in [-0.15, -0.1) is 0 Å². The van der Waals surface area contributed by atoms with Gasteiger partial charge >= 0.3 is 0 Å². The fourth-order valence-corrected chi connectivity index (χ4v) is 4.44. The van der Waals surface area contributed by atoms with Crippen LogP contribution in [-0.4, -0.2) is 20.7 Å². The monoisotopic (exact) mass is 494 g/mol. The number of benzene rings is 2. The summed E-state index contributed by atoms with van der Waals surface area (Å²) in [7, 11) is 1.94. The Hall–Kier alpha value is -4.41. The Morgan fingerprint density at radius 2 is 1.83 bits per heavy atom. The van der Waals surface area contributed by atoms with Crippen molar-refractivity contribution < 1.29 is 4.74 Å². The molecule has 0 spiro atoms. The zero-order valence-corrected chi connectivity index (χ0v) is 20.8. The highest BCUT2D eigenvalue weighted by atomic mass is 35.5. The van der Waals surface area contributed by atoms with Gasteiger partial charge in [-0.3, -0.25) is 4.99 Å². The van der Waals surface area contributed by atoms with E-state index in [0.29, 0.717) is 28.8 Å². The van der Waals surface area contributed by atoms with Crippen LogP contribution in [0.2, 0.25) is 0 Å². The molecule has 0 saturated carbocycles. The minimum Gasteiger partial charge on any atom is -0.436 e. The van der Waals surface area contributed by atoms with E-state index in [2.05, 4.69) is 33.5 Å². The molecule has 2 aromatic heterocycles. The molecule has 4 aromatic rings. The van der Waals surface area contributed by atoms with Gasteiger partial charge in [-0.05, 0) is 85.0 Å². The van der Waals surface area contributed by atoms with Crippen molar-refractivity contribution in [1.29, 1.82) is 5.26 Å². The van der Waals surface area contributed by atoms with E-state index in [0.717, 1.165) is 44.7 Å². The second kappa shape index (κ2) is 9.68. The van der Waals surface area contributed by atoms with Crippen molar-refractivity contribution in [3.8, 4) is 17.7 Å². The first-order valence-electron chi connectivity index (χ1n) is 11.4. The van der Waals surface area contributed by atoms with Crippen molar-refractivity contribution in [3.05, 3.63) is 88.2 Å². The number of fused-ring (bicyclic) bond motifs is 1. The second-order valence-electron chi connectivity index (χ2n) is 8.56. The highest BCUT2D eigenvalue weighted by Gasteiger charge is 2.17. The minimum absolute atomic E-state index is 0.404. The number of nitrogens with one attached hydrogen (secondary N) is 1. The van der Waals surface area contributed by atoms with Crippen LogP contribution in [0.15, 0.2) is 71.0 Å². The van der Waals surface area contributed by atoms with Crippen LogP contribution in [0.4, 0.5) is 11.6 Å². The molecular formula is C28H23ClN6O. The Morgan fingerprint density at radius 1 is 1.08 bits per heavy atom. The lowest BCUT2D eigenvalue weighted by Gasteiger charge is -2.16. The number of halogens is 1. The van der Waals surface area contributed by atoms with Crippen molar-refractivity contribution in [2.75, 3.05) is 5.32 Å². The topological polar surface area (TPSA) is 88.1 Å². The molecule has 178 valence electrons. The lowest BCUT2D eigenvalue weighted by Crippen LogP contribution is -2.03. The van der Waals surface area contributed by atoms with Gasteiger partial charge in [-0.2, -0.15) is 10.2 Å². The molecule has 1 aliphatic rings. The summed E-state index contributed by atoms with van der Waals surface area (Å²) in [5.41, 5.74) is 6.90. The predicted octanol–water partition coefficient (Wildman–Crippen LogP) is 6.93. The first kappa shape index (κ1) is 23.3. The van der Waals surface area contributed by atoms with E-state index in [4.69, 9.17) is 26.6 Å². The molecule has 0 fully saturated rings. The van der Waals surface area contributed by atoms with Gasteiger partial charge in [0.1, 0.15) is 11.3 Å². The molecule has 2 aromatic carbocycles. The molecule has 5 rings (SSSR count). The third kappa shape index (κ3) is 4.59. The molecule has 0 radical (unpaired) electrons. The fourth-order valence-electron chi connectivity index (χ4n) is 4.19. The molecule has 0 bridgehead atoms. The summed E-state index contributed by atoms with van der Waals surface area (Å²) in [5, 5.41) is 12.9. The number of hydrogen-bond donors (Lipinski definition) is 1. The summed E-state index contributed by atoms with van der Waals surface area (Å²) in [6.07, 6.45) is 8.06. The summed E-state index contributed by atoms with van der Waals surface area (Å²) in [6.45, 7) is 4.03. The van der Waals surface area contributed by atoms with Gasteiger partial charge < -0.3 is 14.6 Å². The van der Waals surface area contributed by atoms with Crippen LogP contribution in [0.5, 0.6) is 11.6 Å². The van der Waals surface area contributed by atoms with Gasteiger partial charge in [0, 0.05) is 31.3 Å². The number of aliphatic imine (C=N–C) groups is 1. The number of ether oxygens (including phenoxy) is 1. The number of nitriles is 1. The number of allylic oxidation sites excluding steroid dienone is 3. The maximum atomic E-state index is 9.05. The zero-order chi connectivity index (χ0) is 25.2. The van der Waals surface area contributed by atoms with E-state index in [1.165, 1.54) is 0 Å². The number of rotatable bonds is 5. The normalized spacial score (nSPS) is 13.1. The maximum Gasteiger partial charge on any atom is 0.249 e. The van der Waals surface area contributed by atoms with E-state index in [9.17, 15) is 0 Å². The van der Waals surface area contributed by atoms with Crippen molar-refractivity contribution in [2.45, 2.75) is 20.3 Å². The van der Waals surface area contributed by atoms with E-state index in [-0.39, 0.29) is 0 Å². The largest absolute Gasteiger partial charge is 0.436 e. The van der Waals surface area contributed by atoms with Crippen LogP contribution >= 0.6 is 11.6 Å². The first-order chi connectivity index (χ1) is 17.4. The minimum atomic E-state index is 0.404. The van der Waals surface area contributed by atoms with Crippen LogP contribution in [0.1, 0.15) is 28.7 Å². The number of anilines is 2. The quantitative estimate of drug-likeness (QED) is 0.325. The van der Waals surface area contributed by atoms with Crippen LogP contribution in [0.3, 0.4) is 0 Å². The van der Waals surface area contributed by atoms with Crippen molar-refractivity contribution in [1.82, 2.24) is 14.5 Å². The molecule has 0 atom stereocenters. The van der Waals surface area contributed by atoms with E-state index in [1.54, 1.807) is 24.5 Å². The second-order valence-corrected chi connectivity index (χ2v) is 8.97. The van der Waals surface area contributed by atoms with Gasteiger partial charge in [0.2, 0.25) is 11.8 Å². The lowest BCUT2D eigenvalue weighted by molar-refractivity contribution is 0.459. The summed E-state index contributed by atoms with van der Waals surface area (Å²) >= 11 is 6.48. The Kier molecular flexibility index (Phi) is 6.28. The van der Waals surface area contributed by atoms with Crippen LogP contribution < -0.4 is 10.1 Å². The molecule has 36 heavy (non-hydrogen) atoms. The first-order valence-corrected chi connectivity index (χ1v) is 11.8. The fraction of sp³-hybridized carbons (Fsp3) is 0.143. The predicted molar refractivity (Wildman–Crippen MR) is 144 cm³/mol. The number of aromatic nitrogens is 3. The molecule has 7 nitrogen and oxygen atoms in total. The molecule has 3 heterocycles. The van der Waals surface area contributed by atoms with Gasteiger partial charge in [-0.25, -0.2) is 4.98 Å². The van der Waals surface area contributed by atoms with Crippen LogP contribution in [0, 0.1) is 25.2 Å². The van der Waals surface area contributed by atoms with Gasteiger partial charge in [0.05, 0.1) is 22.2 Å². The SMILES string of the molecule is Cc1cc(C2=C(Cl)C=NC=CC2)cc(C)c1Oc1nc(Nc2ccc(C#N)cc2)nc2ccn(C)c12. The highest BCUT2D eigenvalue weighted by molar-refractivity contribution is 6.42. The third-order valence-electron chi connectivity index (χ3n) is 5.96. The van der Waals surface area contributed by atoms with Crippen LogP contribution in [-0.2, 0) is 7.05 Å². The van der Waals surface area contributed by atoms with Crippen LogP contribution in [0.25, 0.3) is 16.6 Å². The Morgan fingerprint density at radius 3 is 2.56 bits per heavy atom. The highest BCUT2D eigenvalue weighted by Crippen LogP contribution is 2.36. The van der Waals surface area contributed by atoms with Gasteiger partial charge in [0.15, 0.2) is 0 Å².